The fourth-order valence-corrected chi connectivity index (χ4v) is 2.06. The molecule has 1 unspecified atom stereocenters. The maximum atomic E-state index is 12.1. The first-order valence-corrected chi connectivity index (χ1v) is 6.07. The van der Waals surface area contributed by atoms with E-state index in [4.69, 9.17) is 29.0 Å². The highest BCUT2D eigenvalue weighted by Crippen LogP contribution is 2.32. The van der Waals surface area contributed by atoms with Gasteiger partial charge in [0.05, 0.1) is 10.0 Å². The van der Waals surface area contributed by atoms with Crippen molar-refractivity contribution in [2.75, 3.05) is 0 Å². The van der Waals surface area contributed by atoms with Crippen LogP contribution in [0.4, 0.5) is 13.2 Å². The number of hydrogen-bond acceptors (Lipinski definition) is 2. The maximum absolute atomic E-state index is 12.1. The zero-order valence-corrected chi connectivity index (χ0v) is 10.9. The van der Waals surface area contributed by atoms with Crippen LogP contribution in [0.5, 0.6) is 0 Å². The molecule has 0 saturated carbocycles. The Balaban J connectivity index is 2.69. The molecule has 0 saturated heterocycles. The zero-order valence-electron chi connectivity index (χ0n) is 9.40. The number of nitrogens with two attached hydrogens (primary N) is 1. The number of hydrazine groups is 1. The minimum Gasteiger partial charge on any atom is -0.271 e. The lowest BCUT2D eigenvalue weighted by Crippen LogP contribution is -2.28. The Hall–Kier alpha value is -0.490. The molecule has 2 nitrogen and oxygen atoms in total. The molecule has 1 aromatic carbocycles. The number of alkyl halides is 3. The van der Waals surface area contributed by atoms with E-state index in [1.807, 2.05) is 0 Å². The fourth-order valence-electron chi connectivity index (χ4n) is 1.62. The first-order valence-electron chi connectivity index (χ1n) is 5.32. The Morgan fingerprint density at radius 3 is 2.50 bits per heavy atom. The second-order valence-corrected chi connectivity index (χ2v) is 4.65. The van der Waals surface area contributed by atoms with Crippen LogP contribution in [-0.4, -0.2) is 6.18 Å². The van der Waals surface area contributed by atoms with Crippen LogP contribution in [0.15, 0.2) is 18.2 Å². The van der Waals surface area contributed by atoms with E-state index in [1.165, 1.54) is 0 Å². The standard InChI is InChI=1S/C11H13Cl2F3N2/c12-8-4-1-3-7(10(8)13)9(18-17)5-2-6-11(14,15)16/h1,3-4,9,18H,2,5-6,17H2. The molecule has 0 fully saturated rings. The first kappa shape index (κ1) is 15.6. The maximum Gasteiger partial charge on any atom is 0.389 e. The first-order chi connectivity index (χ1) is 8.35. The van der Waals surface area contributed by atoms with Crippen molar-refractivity contribution in [1.82, 2.24) is 5.43 Å². The van der Waals surface area contributed by atoms with E-state index in [0.29, 0.717) is 15.6 Å². The topological polar surface area (TPSA) is 38.0 Å². The SMILES string of the molecule is NNC(CCCC(F)(F)F)c1cccc(Cl)c1Cl. The lowest BCUT2D eigenvalue weighted by molar-refractivity contribution is -0.135. The van der Waals surface area contributed by atoms with Crippen molar-refractivity contribution >= 4 is 23.2 Å². The van der Waals surface area contributed by atoms with Gasteiger partial charge in [-0.15, -0.1) is 0 Å². The van der Waals surface area contributed by atoms with Crippen LogP contribution in [0, 0.1) is 0 Å². The van der Waals surface area contributed by atoms with Gasteiger partial charge in [-0.05, 0) is 24.5 Å². The summed E-state index contributed by atoms with van der Waals surface area (Å²) in [6, 6.07) is 4.53. The van der Waals surface area contributed by atoms with Crippen LogP contribution in [0.3, 0.4) is 0 Å². The third-order valence-electron chi connectivity index (χ3n) is 2.51. The summed E-state index contributed by atoms with van der Waals surface area (Å²) in [5, 5.41) is 0.666. The molecule has 0 aliphatic rings. The van der Waals surface area contributed by atoms with E-state index in [0.717, 1.165) is 0 Å². The molecule has 3 N–H and O–H groups in total. The number of nitrogens with one attached hydrogen (secondary N) is 1. The number of halogens is 5. The molecular formula is C11H13Cl2F3N2. The average Bonchev–Trinajstić information content (AvgIpc) is 2.27. The smallest absolute Gasteiger partial charge is 0.271 e. The normalized spacial score (nSPS) is 13.7. The largest absolute Gasteiger partial charge is 0.389 e. The summed E-state index contributed by atoms with van der Waals surface area (Å²) in [6.07, 6.45) is -4.79. The second-order valence-electron chi connectivity index (χ2n) is 3.87. The van der Waals surface area contributed by atoms with Gasteiger partial charge < -0.3 is 0 Å². The van der Waals surface area contributed by atoms with Crippen molar-refractivity contribution in [2.24, 2.45) is 5.84 Å². The third-order valence-corrected chi connectivity index (χ3v) is 3.34. The number of benzene rings is 1. The van der Waals surface area contributed by atoms with Crippen molar-refractivity contribution in [3.8, 4) is 0 Å². The lowest BCUT2D eigenvalue weighted by Gasteiger charge is -2.18. The Labute approximate surface area is 113 Å². The molecule has 1 rings (SSSR count). The van der Waals surface area contributed by atoms with E-state index < -0.39 is 18.6 Å². The van der Waals surface area contributed by atoms with Gasteiger partial charge in [0.1, 0.15) is 0 Å². The summed E-state index contributed by atoms with van der Waals surface area (Å²) in [5.41, 5.74) is 3.07. The van der Waals surface area contributed by atoms with Crippen LogP contribution in [0.25, 0.3) is 0 Å². The van der Waals surface area contributed by atoms with Crippen LogP contribution in [0.1, 0.15) is 30.9 Å². The number of hydrogen-bond donors (Lipinski definition) is 2. The minimum absolute atomic E-state index is 0.0266. The summed E-state index contributed by atoms with van der Waals surface area (Å²) in [7, 11) is 0. The molecular weight excluding hydrogens is 288 g/mol. The minimum atomic E-state index is -4.16. The molecule has 0 aromatic heterocycles. The third kappa shape index (κ3) is 4.65. The number of rotatable bonds is 5. The highest BCUT2D eigenvalue weighted by molar-refractivity contribution is 6.42. The highest BCUT2D eigenvalue weighted by atomic mass is 35.5. The van der Waals surface area contributed by atoms with E-state index >= 15 is 0 Å². The molecule has 0 spiro atoms. The van der Waals surface area contributed by atoms with Gasteiger partial charge in [-0.1, -0.05) is 35.3 Å². The van der Waals surface area contributed by atoms with Gasteiger partial charge >= 0.3 is 6.18 Å². The predicted molar refractivity (Wildman–Crippen MR) is 66.4 cm³/mol. The van der Waals surface area contributed by atoms with Gasteiger partial charge in [0, 0.05) is 12.5 Å². The molecule has 0 radical (unpaired) electrons. The summed E-state index contributed by atoms with van der Waals surface area (Å²) < 4.78 is 36.2. The molecule has 0 aliphatic heterocycles. The average molecular weight is 301 g/mol. The Morgan fingerprint density at radius 1 is 1.28 bits per heavy atom. The predicted octanol–water partition coefficient (Wildman–Crippen LogP) is 4.23. The Morgan fingerprint density at radius 2 is 1.94 bits per heavy atom. The molecule has 0 amide bonds. The molecule has 102 valence electrons. The molecule has 0 heterocycles. The molecule has 0 bridgehead atoms. The van der Waals surface area contributed by atoms with Crippen molar-refractivity contribution in [3.05, 3.63) is 33.8 Å². The van der Waals surface area contributed by atoms with Gasteiger partial charge in [0.2, 0.25) is 0 Å². The second kappa shape index (κ2) is 6.61. The molecule has 0 aliphatic carbocycles. The highest BCUT2D eigenvalue weighted by Gasteiger charge is 2.27. The Bertz CT molecular complexity index is 396. The van der Waals surface area contributed by atoms with Crippen molar-refractivity contribution in [1.29, 1.82) is 0 Å². The molecule has 7 heteroatoms. The van der Waals surface area contributed by atoms with Crippen molar-refractivity contribution in [3.63, 3.8) is 0 Å². The molecule has 1 aromatic rings. The summed E-state index contributed by atoms with van der Waals surface area (Å²) in [6.45, 7) is 0. The van der Waals surface area contributed by atoms with Gasteiger partial charge in [0.25, 0.3) is 0 Å². The monoisotopic (exact) mass is 300 g/mol. The van der Waals surface area contributed by atoms with Gasteiger partial charge in [-0.2, -0.15) is 13.2 Å². The van der Waals surface area contributed by atoms with E-state index in [9.17, 15) is 13.2 Å². The zero-order chi connectivity index (χ0) is 13.8. The van der Waals surface area contributed by atoms with Crippen molar-refractivity contribution < 1.29 is 13.2 Å². The van der Waals surface area contributed by atoms with Gasteiger partial charge in [-0.25, -0.2) is 0 Å². The van der Waals surface area contributed by atoms with Crippen molar-refractivity contribution in [2.45, 2.75) is 31.5 Å². The van der Waals surface area contributed by atoms with E-state index in [2.05, 4.69) is 5.43 Å². The van der Waals surface area contributed by atoms with E-state index in [1.54, 1.807) is 18.2 Å². The van der Waals surface area contributed by atoms with Crippen LogP contribution in [0.2, 0.25) is 10.0 Å². The molecule has 18 heavy (non-hydrogen) atoms. The summed E-state index contributed by atoms with van der Waals surface area (Å²) in [5.74, 6) is 5.34. The summed E-state index contributed by atoms with van der Waals surface area (Å²) in [4.78, 5) is 0. The quantitative estimate of drug-likeness (QED) is 0.631. The van der Waals surface area contributed by atoms with Gasteiger partial charge in [-0.3, -0.25) is 11.3 Å². The van der Waals surface area contributed by atoms with Crippen LogP contribution < -0.4 is 11.3 Å². The Kier molecular flexibility index (Phi) is 5.72. The fraction of sp³-hybridized carbons (Fsp3) is 0.455. The van der Waals surface area contributed by atoms with Gasteiger partial charge in [0.15, 0.2) is 0 Å². The lowest BCUT2D eigenvalue weighted by atomic mass is 10.0. The van der Waals surface area contributed by atoms with E-state index in [-0.39, 0.29) is 12.8 Å². The van der Waals surface area contributed by atoms with Crippen LogP contribution in [-0.2, 0) is 0 Å². The summed E-state index contributed by atoms with van der Waals surface area (Å²) >= 11 is 11.8. The van der Waals surface area contributed by atoms with Crippen LogP contribution >= 0.6 is 23.2 Å². The molecule has 1 atom stereocenters.